The number of fused-ring (bicyclic) bond motifs is 1. The third kappa shape index (κ3) is 2.24. The van der Waals surface area contributed by atoms with E-state index in [-0.39, 0.29) is 5.41 Å². The summed E-state index contributed by atoms with van der Waals surface area (Å²) in [5.41, 5.74) is 7.64. The molecular formula is C14H18N2O. The normalized spacial score (nSPS) is 11.8. The summed E-state index contributed by atoms with van der Waals surface area (Å²) >= 11 is 0. The van der Waals surface area contributed by atoms with E-state index >= 15 is 0 Å². The second-order valence-electron chi connectivity index (χ2n) is 4.84. The Hall–Kier alpha value is -1.61. The highest BCUT2D eigenvalue weighted by Gasteiger charge is 2.20. The van der Waals surface area contributed by atoms with Crippen molar-refractivity contribution in [2.24, 2.45) is 5.73 Å². The number of hydrogen-bond acceptors (Lipinski definition) is 3. The van der Waals surface area contributed by atoms with Gasteiger partial charge in [0.1, 0.15) is 5.75 Å². The average molecular weight is 230 g/mol. The molecule has 0 radical (unpaired) electrons. The van der Waals surface area contributed by atoms with Crippen LogP contribution in [-0.4, -0.2) is 18.6 Å². The first kappa shape index (κ1) is 11.9. The molecule has 0 unspecified atom stereocenters. The van der Waals surface area contributed by atoms with Gasteiger partial charge in [0.15, 0.2) is 0 Å². The van der Waals surface area contributed by atoms with Gasteiger partial charge in [0.05, 0.1) is 12.6 Å². The van der Waals surface area contributed by atoms with Gasteiger partial charge in [-0.25, -0.2) is 0 Å². The Bertz CT molecular complexity index is 535. The van der Waals surface area contributed by atoms with Gasteiger partial charge in [0, 0.05) is 29.1 Å². The van der Waals surface area contributed by atoms with Crippen molar-refractivity contribution in [1.82, 2.24) is 4.98 Å². The Labute approximate surface area is 102 Å². The van der Waals surface area contributed by atoms with Crippen LogP contribution in [0.1, 0.15) is 19.5 Å². The molecule has 90 valence electrons. The molecule has 0 saturated heterocycles. The molecule has 0 fully saturated rings. The molecule has 17 heavy (non-hydrogen) atoms. The number of hydrogen-bond donors (Lipinski definition) is 1. The quantitative estimate of drug-likeness (QED) is 0.881. The number of methoxy groups -OCH3 is 1. The Kier molecular flexibility index (Phi) is 3.03. The van der Waals surface area contributed by atoms with Crippen LogP contribution in [0.15, 0.2) is 30.3 Å². The first-order valence-corrected chi connectivity index (χ1v) is 5.72. The highest BCUT2D eigenvalue weighted by atomic mass is 16.5. The zero-order chi connectivity index (χ0) is 12.5. The van der Waals surface area contributed by atoms with Crippen LogP contribution in [0.25, 0.3) is 10.9 Å². The summed E-state index contributed by atoms with van der Waals surface area (Å²) in [5.74, 6) is 0.827. The van der Waals surface area contributed by atoms with E-state index in [9.17, 15) is 0 Å². The maximum absolute atomic E-state index is 5.77. The lowest BCUT2D eigenvalue weighted by atomic mass is 9.89. The van der Waals surface area contributed by atoms with Gasteiger partial charge in [0.25, 0.3) is 0 Å². The molecule has 2 aromatic rings. The molecule has 0 bridgehead atoms. The number of benzene rings is 1. The smallest absolute Gasteiger partial charge is 0.121 e. The second-order valence-corrected chi connectivity index (χ2v) is 4.84. The molecule has 0 aliphatic carbocycles. The average Bonchev–Trinajstić information content (AvgIpc) is 2.37. The van der Waals surface area contributed by atoms with Crippen molar-refractivity contribution in [3.63, 3.8) is 0 Å². The fraction of sp³-hybridized carbons (Fsp3) is 0.357. The van der Waals surface area contributed by atoms with E-state index in [0.717, 1.165) is 22.3 Å². The van der Waals surface area contributed by atoms with E-state index in [0.29, 0.717) is 6.54 Å². The predicted molar refractivity (Wildman–Crippen MR) is 70.4 cm³/mol. The van der Waals surface area contributed by atoms with Gasteiger partial charge in [-0.2, -0.15) is 0 Å². The largest absolute Gasteiger partial charge is 0.497 e. The first-order chi connectivity index (χ1) is 8.06. The highest BCUT2D eigenvalue weighted by Crippen LogP contribution is 2.24. The van der Waals surface area contributed by atoms with Gasteiger partial charge >= 0.3 is 0 Å². The molecule has 0 aliphatic rings. The fourth-order valence-corrected chi connectivity index (χ4v) is 1.71. The molecule has 0 aliphatic heterocycles. The van der Waals surface area contributed by atoms with E-state index in [2.05, 4.69) is 24.9 Å². The summed E-state index contributed by atoms with van der Waals surface area (Å²) < 4.78 is 5.21. The number of nitrogens with two attached hydrogens (primary N) is 1. The number of ether oxygens (including phenoxy) is 1. The van der Waals surface area contributed by atoms with Crippen molar-refractivity contribution < 1.29 is 4.74 Å². The van der Waals surface area contributed by atoms with Crippen molar-refractivity contribution in [1.29, 1.82) is 0 Å². The summed E-state index contributed by atoms with van der Waals surface area (Å²) in [7, 11) is 1.66. The highest BCUT2D eigenvalue weighted by molar-refractivity contribution is 5.80. The summed E-state index contributed by atoms with van der Waals surface area (Å²) in [5, 5.41) is 1.11. The number of rotatable bonds is 3. The Morgan fingerprint density at radius 3 is 2.59 bits per heavy atom. The Morgan fingerprint density at radius 1 is 1.24 bits per heavy atom. The molecule has 3 nitrogen and oxygen atoms in total. The van der Waals surface area contributed by atoms with Crippen molar-refractivity contribution in [3.05, 3.63) is 36.0 Å². The van der Waals surface area contributed by atoms with E-state index < -0.39 is 0 Å². The van der Waals surface area contributed by atoms with Crippen LogP contribution >= 0.6 is 0 Å². The van der Waals surface area contributed by atoms with Crippen LogP contribution in [0, 0.1) is 0 Å². The van der Waals surface area contributed by atoms with Crippen LogP contribution in [0.3, 0.4) is 0 Å². The van der Waals surface area contributed by atoms with Crippen molar-refractivity contribution >= 4 is 10.9 Å². The Balaban J connectivity index is 2.55. The standard InChI is InChI=1S/C14H18N2O/c1-14(2,9-15)13-7-5-10-4-6-11(17-3)8-12(10)16-13/h4-8H,9,15H2,1-3H3. The first-order valence-electron chi connectivity index (χ1n) is 5.72. The molecule has 1 aromatic carbocycles. The topological polar surface area (TPSA) is 48.1 Å². The van der Waals surface area contributed by atoms with Gasteiger partial charge in [-0.15, -0.1) is 0 Å². The number of aromatic nitrogens is 1. The van der Waals surface area contributed by atoms with Crippen LogP contribution in [0.2, 0.25) is 0 Å². The van der Waals surface area contributed by atoms with Gasteiger partial charge in [-0.05, 0) is 18.2 Å². The van der Waals surface area contributed by atoms with Crippen LogP contribution in [-0.2, 0) is 5.41 Å². The molecular weight excluding hydrogens is 212 g/mol. The van der Waals surface area contributed by atoms with Gasteiger partial charge < -0.3 is 10.5 Å². The zero-order valence-corrected chi connectivity index (χ0v) is 10.5. The minimum atomic E-state index is -0.0999. The van der Waals surface area contributed by atoms with E-state index in [1.165, 1.54) is 0 Å². The molecule has 0 atom stereocenters. The molecule has 2 rings (SSSR count). The molecule has 0 spiro atoms. The van der Waals surface area contributed by atoms with Crippen LogP contribution in [0.5, 0.6) is 5.75 Å². The van der Waals surface area contributed by atoms with Crippen LogP contribution < -0.4 is 10.5 Å². The molecule has 1 heterocycles. The maximum atomic E-state index is 5.77. The minimum absolute atomic E-state index is 0.0999. The lowest BCUT2D eigenvalue weighted by molar-refractivity contribution is 0.415. The van der Waals surface area contributed by atoms with Gasteiger partial charge in [-0.3, -0.25) is 4.98 Å². The minimum Gasteiger partial charge on any atom is -0.497 e. The molecule has 3 heteroatoms. The van der Waals surface area contributed by atoms with Gasteiger partial charge in [0.2, 0.25) is 0 Å². The van der Waals surface area contributed by atoms with Crippen LogP contribution in [0.4, 0.5) is 0 Å². The van der Waals surface area contributed by atoms with Gasteiger partial charge in [-0.1, -0.05) is 19.9 Å². The second kappa shape index (κ2) is 4.34. The van der Waals surface area contributed by atoms with Crippen molar-refractivity contribution in [2.45, 2.75) is 19.3 Å². The van der Waals surface area contributed by atoms with E-state index in [4.69, 9.17) is 10.5 Å². The maximum Gasteiger partial charge on any atom is 0.121 e. The SMILES string of the molecule is COc1ccc2ccc(C(C)(C)CN)nc2c1. The third-order valence-electron chi connectivity index (χ3n) is 3.10. The van der Waals surface area contributed by atoms with Crippen molar-refractivity contribution in [2.75, 3.05) is 13.7 Å². The number of nitrogens with zero attached hydrogens (tertiary/aromatic N) is 1. The summed E-state index contributed by atoms with van der Waals surface area (Å²) in [4.78, 5) is 4.67. The molecule has 2 N–H and O–H groups in total. The van der Waals surface area contributed by atoms with E-state index in [1.807, 2.05) is 24.3 Å². The third-order valence-corrected chi connectivity index (χ3v) is 3.10. The summed E-state index contributed by atoms with van der Waals surface area (Å²) in [6.07, 6.45) is 0. The van der Waals surface area contributed by atoms with E-state index in [1.54, 1.807) is 7.11 Å². The fourth-order valence-electron chi connectivity index (χ4n) is 1.71. The Morgan fingerprint density at radius 2 is 1.94 bits per heavy atom. The molecule has 0 amide bonds. The molecule has 1 aromatic heterocycles. The predicted octanol–water partition coefficient (Wildman–Crippen LogP) is 2.48. The number of pyridine rings is 1. The van der Waals surface area contributed by atoms with Crippen molar-refractivity contribution in [3.8, 4) is 5.75 Å². The lowest BCUT2D eigenvalue weighted by Crippen LogP contribution is -2.29. The zero-order valence-electron chi connectivity index (χ0n) is 10.5. The summed E-state index contributed by atoms with van der Waals surface area (Å²) in [6.45, 7) is 4.78. The summed E-state index contributed by atoms with van der Waals surface area (Å²) in [6, 6.07) is 10.0. The monoisotopic (exact) mass is 230 g/mol. The molecule has 0 saturated carbocycles. The lowest BCUT2D eigenvalue weighted by Gasteiger charge is -2.22.